The molecule has 0 spiro atoms. The van der Waals surface area contributed by atoms with Crippen LogP contribution in [0.1, 0.15) is 39.3 Å². The summed E-state index contributed by atoms with van der Waals surface area (Å²) in [5.41, 5.74) is 22.8. The zero-order chi connectivity index (χ0) is 49.8. The molecular formula is C50H55N13O3S3. The average Bonchev–Trinajstić information content (AvgIpc) is 3.37. The van der Waals surface area contributed by atoms with Crippen molar-refractivity contribution in [1.82, 2.24) is 20.3 Å². The Morgan fingerprint density at radius 3 is 1.55 bits per heavy atom. The number of nitrogens with one attached hydrogen (secondary N) is 4. The number of carboxylic acids is 1. The van der Waals surface area contributed by atoms with E-state index in [1.165, 1.54) is 23.9 Å². The van der Waals surface area contributed by atoms with Gasteiger partial charge in [0.15, 0.2) is 0 Å². The number of carbonyl (C=O) groups is 2. The molecule has 0 aliphatic rings. The summed E-state index contributed by atoms with van der Waals surface area (Å²) in [5, 5.41) is 47.1. The van der Waals surface area contributed by atoms with Crippen LogP contribution in [0.5, 0.6) is 0 Å². The van der Waals surface area contributed by atoms with Gasteiger partial charge in [-0.3, -0.25) is 19.7 Å². The summed E-state index contributed by atoms with van der Waals surface area (Å²) in [6.45, 7) is 0.930. The van der Waals surface area contributed by atoms with Crippen molar-refractivity contribution in [2.24, 2.45) is 5.73 Å². The van der Waals surface area contributed by atoms with E-state index in [1.54, 1.807) is 140 Å². The maximum atomic E-state index is 12.4. The highest BCUT2D eigenvalue weighted by Gasteiger charge is 2.08. The van der Waals surface area contributed by atoms with Gasteiger partial charge >= 0.3 is 5.97 Å². The minimum absolute atomic E-state index is 0. The van der Waals surface area contributed by atoms with Gasteiger partial charge in [-0.15, -0.1) is 35.3 Å². The molecule has 356 valence electrons. The molecule has 3 aromatic carbocycles. The van der Waals surface area contributed by atoms with Crippen LogP contribution in [-0.4, -0.2) is 50.7 Å². The lowest BCUT2D eigenvalue weighted by Crippen LogP contribution is -2.19. The number of carbonyl (C=O) groups excluding carboxylic acids is 1. The molecule has 11 N–H and O–H groups in total. The van der Waals surface area contributed by atoms with E-state index in [4.69, 9.17) is 38.1 Å². The molecule has 0 fully saturated rings. The number of para-hydroxylation sites is 2. The van der Waals surface area contributed by atoms with Gasteiger partial charge in [0.1, 0.15) is 5.82 Å². The standard InChI is InChI=1S/C22H20N6O.C9H9N3S.C8H9NO2.C5H6N2.C5H7NS2.CH4/c23-12-9-21(27-18-10-13-25-14-11-18)26-15-16-5-7-17(8-6-16)22(29)28-20-4-2-1-3-19(20)24;1-13-9(2-5-10)12-8-3-6-11-7-4-8;9-5-6-1-3-7(4-2-6)8(10)11;6-5-1-3-7-4-2-5;1-7-5(8-2)3-4-6;/h1-11,13-14,26H,15,24H2,(H,25,27)(H,28,29);2-4,6-7H,1H3,(H,11,12);1-4H,5,9H2,(H,10,11);1-4H,(H2,6,7);3H,1-2H3;1H4/b21-9+;9-2-;;;;. The predicted molar refractivity (Wildman–Crippen MR) is 286 cm³/mol. The van der Waals surface area contributed by atoms with Crippen LogP contribution in [0.25, 0.3) is 0 Å². The number of thioether (sulfide) groups is 3. The number of nitrogens with zero attached hydrogens (tertiary/aromatic N) is 6. The first-order valence-electron chi connectivity index (χ1n) is 19.9. The van der Waals surface area contributed by atoms with E-state index in [0.29, 0.717) is 41.4 Å². The largest absolute Gasteiger partial charge is 0.478 e. The third-order valence-corrected chi connectivity index (χ3v) is 10.9. The molecule has 6 aromatic rings. The topological polar surface area (TPSA) is 291 Å². The number of nitriles is 3. The van der Waals surface area contributed by atoms with Gasteiger partial charge in [0, 0.05) is 85.0 Å². The predicted octanol–water partition coefficient (Wildman–Crippen LogP) is 9.93. The minimum Gasteiger partial charge on any atom is -0.478 e. The Balaban J connectivity index is 0.000000491. The first-order chi connectivity index (χ1) is 33.0. The first-order valence-corrected chi connectivity index (χ1v) is 23.6. The van der Waals surface area contributed by atoms with Crippen LogP contribution in [0.4, 0.5) is 28.4 Å². The third-order valence-electron chi connectivity index (χ3n) is 8.17. The van der Waals surface area contributed by atoms with E-state index in [1.807, 2.05) is 73.4 Å². The van der Waals surface area contributed by atoms with E-state index in [9.17, 15) is 9.59 Å². The maximum Gasteiger partial charge on any atom is 0.335 e. The lowest BCUT2D eigenvalue weighted by atomic mass is 10.1. The summed E-state index contributed by atoms with van der Waals surface area (Å²) in [7, 11) is 0. The molecule has 6 rings (SSSR count). The van der Waals surface area contributed by atoms with Crippen LogP contribution in [0.15, 0.2) is 180 Å². The number of anilines is 5. The normalized spacial score (nSPS) is 9.75. The second-order valence-corrected chi connectivity index (χ2v) is 15.6. The Morgan fingerprint density at radius 2 is 1.12 bits per heavy atom. The number of carboxylic acid groups (broad SMARTS) is 1. The van der Waals surface area contributed by atoms with Gasteiger partial charge in [-0.25, -0.2) is 4.79 Å². The van der Waals surface area contributed by atoms with Crippen LogP contribution in [0.2, 0.25) is 0 Å². The molecular weight excluding hydrogens is 927 g/mol. The molecule has 0 aliphatic heterocycles. The van der Waals surface area contributed by atoms with Crippen molar-refractivity contribution in [3.63, 3.8) is 0 Å². The number of rotatable bonds is 14. The van der Waals surface area contributed by atoms with Crippen LogP contribution < -0.4 is 38.5 Å². The number of aromatic carboxylic acids is 1. The molecule has 69 heavy (non-hydrogen) atoms. The average molecular weight is 982 g/mol. The molecule has 0 bridgehead atoms. The molecule has 3 aromatic heterocycles. The Kier molecular flexibility index (Phi) is 30.6. The van der Waals surface area contributed by atoms with Crippen LogP contribution in [0.3, 0.4) is 0 Å². The molecule has 1 amide bonds. The molecule has 16 nitrogen and oxygen atoms in total. The number of amides is 1. The summed E-state index contributed by atoms with van der Waals surface area (Å²) in [6.07, 6.45) is 20.3. The third kappa shape index (κ3) is 25.3. The van der Waals surface area contributed by atoms with Crippen molar-refractivity contribution < 1.29 is 14.7 Å². The zero-order valence-electron chi connectivity index (χ0n) is 37.4. The molecule has 0 unspecified atom stereocenters. The number of hydrogen-bond donors (Lipinski definition) is 8. The maximum absolute atomic E-state index is 12.4. The number of benzene rings is 3. The van der Waals surface area contributed by atoms with Gasteiger partial charge < -0.3 is 43.6 Å². The summed E-state index contributed by atoms with van der Waals surface area (Å²) >= 11 is 4.69. The van der Waals surface area contributed by atoms with Gasteiger partial charge in [0.05, 0.1) is 50.5 Å². The lowest BCUT2D eigenvalue weighted by molar-refractivity contribution is 0.0696. The van der Waals surface area contributed by atoms with Crippen molar-refractivity contribution in [1.29, 1.82) is 15.8 Å². The number of nitrogen functional groups attached to an aromatic ring is 2. The lowest BCUT2D eigenvalue weighted by Gasteiger charge is -2.13. The molecule has 3 heterocycles. The number of aromatic nitrogens is 3. The first kappa shape index (κ1) is 58.8. The summed E-state index contributed by atoms with van der Waals surface area (Å²) in [5.74, 6) is -0.569. The molecule has 19 heteroatoms. The van der Waals surface area contributed by atoms with Gasteiger partial charge in [0.2, 0.25) is 0 Å². The number of pyridine rings is 3. The Labute approximate surface area is 416 Å². The number of nitrogens with two attached hydrogens (primary N) is 3. The van der Waals surface area contributed by atoms with Gasteiger partial charge in [-0.05, 0) is 103 Å². The van der Waals surface area contributed by atoms with E-state index < -0.39 is 5.97 Å². The fourth-order valence-electron chi connectivity index (χ4n) is 4.75. The zero-order valence-corrected chi connectivity index (χ0v) is 39.9. The van der Waals surface area contributed by atoms with Crippen molar-refractivity contribution >= 4 is 75.6 Å². The highest BCUT2D eigenvalue weighted by molar-refractivity contribution is 8.21. The molecule has 0 saturated carbocycles. The van der Waals surface area contributed by atoms with Crippen LogP contribution in [-0.2, 0) is 13.1 Å². The molecule has 0 saturated heterocycles. The Hall–Kier alpha value is -8.25. The Bertz CT molecular complexity index is 2630. The van der Waals surface area contributed by atoms with Crippen molar-refractivity contribution in [3.8, 4) is 18.2 Å². The monoisotopic (exact) mass is 981 g/mol. The van der Waals surface area contributed by atoms with Crippen LogP contribution >= 0.6 is 35.3 Å². The van der Waals surface area contributed by atoms with E-state index >= 15 is 0 Å². The van der Waals surface area contributed by atoms with Crippen molar-refractivity contribution in [3.05, 3.63) is 202 Å². The van der Waals surface area contributed by atoms with Gasteiger partial charge in [-0.1, -0.05) is 43.8 Å². The van der Waals surface area contributed by atoms with Gasteiger partial charge in [0.25, 0.3) is 5.91 Å². The second kappa shape index (κ2) is 35.9. The van der Waals surface area contributed by atoms with Crippen molar-refractivity contribution in [2.75, 3.05) is 46.2 Å². The van der Waals surface area contributed by atoms with E-state index in [0.717, 1.165) is 37.5 Å². The molecule has 0 radical (unpaired) electrons. The fraction of sp³-hybridized carbons (Fsp3) is 0.120. The molecule has 0 aliphatic carbocycles. The summed E-state index contributed by atoms with van der Waals surface area (Å²) in [4.78, 5) is 34.4. The Morgan fingerprint density at radius 1 is 0.623 bits per heavy atom. The number of allylic oxidation sites excluding steroid dienone is 3. The van der Waals surface area contributed by atoms with Crippen LogP contribution in [0, 0.1) is 34.0 Å². The van der Waals surface area contributed by atoms with E-state index in [2.05, 4.69) is 36.2 Å². The summed E-state index contributed by atoms with van der Waals surface area (Å²) in [6, 6.07) is 37.6. The smallest absolute Gasteiger partial charge is 0.335 e. The molecule has 0 atom stereocenters. The highest BCUT2D eigenvalue weighted by atomic mass is 32.2. The second-order valence-electron chi connectivity index (χ2n) is 12.8. The van der Waals surface area contributed by atoms with Crippen molar-refractivity contribution in [2.45, 2.75) is 20.5 Å². The van der Waals surface area contributed by atoms with E-state index in [-0.39, 0.29) is 13.3 Å². The SMILES string of the molecule is C.CS/C(=C\C#N)Nc1ccncc1.CSC(=CC#N)SC.N#C/C=C(\NCc1ccc(C(=O)Nc2ccccc2N)cc1)Nc1ccncc1.NCc1ccc(C(=O)O)cc1.Nc1ccncc1. The fourth-order valence-corrected chi connectivity index (χ4v) is 6.14. The highest BCUT2D eigenvalue weighted by Crippen LogP contribution is 2.22. The minimum atomic E-state index is -0.909. The quantitative estimate of drug-likeness (QED) is 0.0372. The number of hydrogen-bond acceptors (Lipinski definition) is 17. The summed E-state index contributed by atoms with van der Waals surface area (Å²) < 4.78 is 1.06. The van der Waals surface area contributed by atoms with Gasteiger partial charge in [-0.2, -0.15) is 15.8 Å².